The Labute approximate surface area is 134 Å². The van der Waals surface area contributed by atoms with Crippen molar-refractivity contribution in [2.75, 3.05) is 11.9 Å². The Morgan fingerprint density at radius 1 is 1.39 bits per heavy atom. The van der Waals surface area contributed by atoms with Gasteiger partial charge >= 0.3 is 5.97 Å². The monoisotopic (exact) mass is 320 g/mol. The Balaban J connectivity index is 1.97. The van der Waals surface area contributed by atoms with Crippen molar-refractivity contribution >= 4 is 23.5 Å². The standard InChI is InChI=1S/C16H20N2O5/c1-10(8-14(19)20)17-15(21)11-4-2-5-12(9-11)18-16(22)13-6-3-7-23-13/h2,4-5,9-10,13H,3,6-8H2,1H3,(H,17,21)(H,18,22)(H,19,20). The molecule has 7 nitrogen and oxygen atoms in total. The molecule has 23 heavy (non-hydrogen) atoms. The van der Waals surface area contributed by atoms with Crippen LogP contribution in [0, 0.1) is 0 Å². The molecule has 0 saturated carbocycles. The third kappa shape index (κ3) is 5.07. The van der Waals surface area contributed by atoms with Crippen LogP contribution in [0.15, 0.2) is 24.3 Å². The molecule has 7 heteroatoms. The second-order valence-corrected chi connectivity index (χ2v) is 5.54. The van der Waals surface area contributed by atoms with E-state index < -0.39 is 18.1 Å². The Hall–Kier alpha value is -2.41. The van der Waals surface area contributed by atoms with Gasteiger partial charge in [0.2, 0.25) is 0 Å². The molecule has 124 valence electrons. The number of carbonyl (C=O) groups excluding carboxylic acids is 2. The zero-order chi connectivity index (χ0) is 16.8. The minimum Gasteiger partial charge on any atom is -0.481 e. The number of ether oxygens (including phenoxy) is 1. The molecule has 2 atom stereocenters. The number of aliphatic carboxylic acids is 1. The largest absolute Gasteiger partial charge is 0.481 e. The Bertz CT molecular complexity index is 596. The van der Waals surface area contributed by atoms with Crippen LogP contribution >= 0.6 is 0 Å². The van der Waals surface area contributed by atoms with E-state index in [0.29, 0.717) is 24.3 Å². The summed E-state index contributed by atoms with van der Waals surface area (Å²) in [6.07, 6.45) is 0.963. The molecule has 3 N–H and O–H groups in total. The molecular weight excluding hydrogens is 300 g/mol. The van der Waals surface area contributed by atoms with Crippen LogP contribution in [0.4, 0.5) is 5.69 Å². The van der Waals surface area contributed by atoms with Crippen LogP contribution in [-0.4, -0.2) is 41.6 Å². The van der Waals surface area contributed by atoms with Crippen LogP contribution in [0.1, 0.15) is 36.5 Å². The fourth-order valence-corrected chi connectivity index (χ4v) is 2.37. The van der Waals surface area contributed by atoms with Gasteiger partial charge in [-0.2, -0.15) is 0 Å². The van der Waals surface area contributed by atoms with Crippen molar-refractivity contribution in [3.8, 4) is 0 Å². The molecular formula is C16H20N2O5. The first-order chi connectivity index (χ1) is 11.0. The lowest BCUT2D eigenvalue weighted by Crippen LogP contribution is -2.34. The molecule has 2 unspecified atom stereocenters. The van der Waals surface area contributed by atoms with Crippen molar-refractivity contribution < 1.29 is 24.2 Å². The molecule has 2 amide bonds. The Kier molecular flexibility index (Phi) is 5.70. The summed E-state index contributed by atoms with van der Waals surface area (Å²) in [7, 11) is 0. The second kappa shape index (κ2) is 7.73. The van der Waals surface area contributed by atoms with E-state index in [0.717, 1.165) is 6.42 Å². The lowest BCUT2D eigenvalue weighted by molar-refractivity contribution is -0.137. The van der Waals surface area contributed by atoms with E-state index in [9.17, 15) is 14.4 Å². The van der Waals surface area contributed by atoms with Gasteiger partial charge in [-0.25, -0.2) is 0 Å². The lowest BCUT2D eigenvalue weighted by Gasteiger charge is -2.13. The molecule has 0 aliphatic carbocycles. The Morgan fingerprint density at radius 2 is 2.17 bits per heavy atom. The maximum absolute atomic E-state index is 12.1. The predicted octanol–water partition coefficient (Wildman–Crippen LogP) is 1.40. The lowest BCUT2D eigenvalue weighted by atomic mass is 10.1. The SMILES string of the molecule is CC(CC(=O)O)NC(=O)c1cccc(NC(=O)C2CCCO2)c1. The second-order valence-electron chi connectivity index (χ2n) is 5.54. The van der Waals surface area contributed by atoms with Gasteiger partial charge in [-0.3, -0.25) is 14.4 Å². The van der Waals surface area contributed by atoms with E-state index in [1.54, 1.807) is 31.2 Å². The molecule has 2 rings (SSSR count). The topological polar surface area (TPSA) is 105 Å². The Morgan fingerprint density at radius 3 is 2.83 bits per heavy atom. The smallest absolute Gasteiger partial charge is 0.305 e. The molecule has 0 aromatic heterocycles. The van der Waals surface area contributed by atoms with Crippen molar-refractivity contribution in [2.45, 2.75) is 38.3 Å². The molecule has 1 aromatic carbocycles. The highest BCUT2D eigenvalue weighted by Gasteiger charge is 2.23. The van der Waals surface area contributed by atoms with Gasteiger partial charge in [-0.15, -0.1) is 0 Å². The number of hydrogen-bond donors (Lipinski definition) is 3. The number of nitrogens with one attached hydrogen (secondary N) is 2. The highest BCUT2D eigenvalue weighted by atomic mass is 16.5. The van der Waals surface area contributed by atoms with Crippen molar-refractivity contribution in [3.63, 3.8) is 0 Å². The van der Waals surface area contributed by atoms with E-state index in [1.165, 1.54) is 0 Å². The third-order valence-electron chi connectivity index (χ3n) is 3.47. The minimum atomic E-state index is -0.977. The summed E-state index contributed by atoms with van der Waals surface area (Å²) in [4.78, 5) is 34.7. The number of carbonyl (C=O) groups is 3. The summed E-state index contributed by atoms with van der Waals surface area (Å²) in [6, 6.07) is 6.01. The van der Waals surface area contributed by atoms with Crippen LogP contribution in [0.5, 0.6) is 0 Å². The minimum absolute atomic E-state index is 0.152. The first kappa shape index (κ1) is 17.0. The van der Waals surface area contributed by atoms with E-state index in [1.807, 2.05) is 0 Å². The van der Waals surface area contributed by atoms with Crippen LogP contribution in [0.2, 0.25) is 0 Å². The van der Waals surface area contributed by atoms with Crippen molar-refractivity contribution in [2.24, 2.45) is 0 Å². The number of hydrogen-bond acceptors (Lipinski definition) is 4. The molecule has 0 bridgehead atoms. The molecule has 1 saturated heterocycles. The van der Waals surface area contributed by atoms with E-state index in [-0.39, 0.29) is 18.2 Å². The molecule has 1 aliphatic rings. The summed E-state index contributed by atoms with van der Waals surface area (Å²) in [5.41, 5.74) is 0.858. The van der Waals surface area contributed by atoms with Crippen LogP contribution in [0.25, 0.3) is 0 Å². The number of benzene rings is 1. The van der Waals surface area contributed by atoms with E-state index in [2.05, 4.69) is 10.6 Å². The number of amides is 2. The van der Waals surface area contributed by atoms with Crippen LogP contribution in [-0.2, 0) is 14.3 Å². The van der Waals surface area contributed by atoms with Crippen molar-refractivity contribution in [1.82, 2.24) is 5.32 Å². The quantitative estimate of drug-likeness (QED) is 0.735. The fraction of sp³-hybridized carbons (Fsp3) is 0.438. The van der Waals surface area contributed by atoms with Gasteiger partial charge in [0.1, 0.15) is 6.10 Å². The number of anilines is 1. The van der Waals surface area contributed by atoms with Crippen molar-refractivity contribution in [3.05, 3.63) is 29.8 Å². The molecule has 1 heterocycles. The van der Waals surface area contributed by atoms with Crippen molar-refractivity contribution in [1.29, 1.82) is 0 Å². The summed E-state index contributed by atoms with van der Waals surface area (Å²) < 4.78 is 5.31. The molecule has 1 fully saturated rings. The molecule has 1 aliphatic heterocycles. The summed E-state index contributed by atoms with van der Waals surface area (Å²) in [5.74, 6) is -1.58. The molecule has 0 radical (unpaired) electrons. The molecule has 1 aromatic rings. The predicted molar refractivity (Wildman–Crippen MR) is 83.2 cm³/mol. The summed E-state index contributed by atoms with van der Waals surface area (Å²) in [5, 5.41) is 14.0. The summed E-state index contributed by atoms with van der Waals surface area (Å²) in [6.45, 7) is 2.21. The average molecular weight is 320 g/mol. The zero-order valence-electron chi connectivity index (χ0n) is 12.9. The van der Waals surface area contributed by atoms with Crippen LogP contribution in [0.3, 0.4) is 0 Å². The van der Waals surface area contributed by atoms with E-state index in [4.69, 9.17) is 9.84 Å². The first-order valence-electron chi connectivity index (χ1n) is 7.51. The molecule has 0 spiro atoms. The summed E-state index contributed by atoms with van der Waals surface area (Å²) >= 11 is 0. The van der Waals surface area contributed by atoms with E-state index >= 15 is 0 Å². The normalized spacial score (nSPS) is 18.2. The maximum atomic E-state index is 12.1. The zero-order valence-corrected chi connectivity index (χ0v) is 12.9. The van der Waals surface area contributed by atoms with Gasteiger partial charge in [0, 0.05) is 23.9 Å². The average Bonchev–Trinajstić information content (AvgIpc) is 3.00. The number of carboxylic acids is 1. The number of carboxylic acid groups (broad SMARTS) is 1. The van der Waals surface area contributed by atoms with Crippen LogP contribution < -0.4 is 10.6 Å². The fourth-order valence-electron chi connectivity index (χ4n) is 2.37. The van der Waals surface area contributed by atoms with Gasteiger partial charge in [-0.05, 0) is 38.0 Å². The third-order valence-corrected chi connectivity index (χ3v) is 3.47. The van der Waals surface area contributed by atoms with Gasteiger partial charge in [0.25, 0.3) is 11.8 Å². The number of rotatable bonds is 6. The highest BCUT2D eigenvalue weighted by molar-refractivity contribution is 5.98. The van der Waals surface area contributed by atoms with Gasteiger partial charge in [0.05, 0.1) is 6.42 Å². The first-order valence-corrected chi connectivity index (χ1v) is 7.51. The highest BCUT2D eigenvalue weighted by Crippen LogP contribution is 2.16. The van der Waals surface area contributed by atoms with Gasteiger partial charge < -0.3 is 20.5 Å². The maximum Gasteiger partial charge on any atom is 0.305 e. The van der Waals surface area contributed by atoms with Gasteiger partial charge in [0.15, 0.2) is 0 Å². The van der Waals surface area contributed by atoms with Gasteiger partial charge in [-0.1, -0.05) is 6.07 Å².